The molecule has 0 saturated heterocycles. The average Bonchev–Trinajstić information content (AvgIpc) is 2.96. The fourth-order valence-electron chi connectivity index (χ4n) is 1.82. The van der Waals surface area contributed by atoms with Gasteiger partial charge in [-0.2, -0.15) is 18.6 Å². The number of nitrogens with two attached hydrogens (primary N) is 3. The lowest BCUT2D eigenvalue weighted by Crippen LogP contribution is -2.36. The maximum Gasteiger partial charge on any atom is 0.303 e. The first kappa shape index (κ1) is 14.0. The zero-order valence-corrected chi connectivity index (χ0v) is 11.4. The minimum atomic E-state index is -4.02. The van der Waals surface area contributed by atoms with Crippen molar-refractivity contribution in [1.29, 1.82) is 0 Å². The van der Waals surface area contributed by atoms with E-state index in [-0.39, 0.29) is 11.5 Å². The highest BCUT2D eigenvalue weighted by Crippen LogP contribution is 2.25. The van der Waals surface area contributed by atoms with Crippen molar-refractivity contribution in [2.75, 3.05) is 0 Å². The van der Waals surface area contributed by atoms with Crippen molar-refractivity contribution >= 4 is 16.0 Å². The van der Waals surface area contributed by atoms with E-state index in [9.17, 15) is 8.42 Å². The molecule has 0 spiro atoms. The summed E-state index contributed by atoms with van der Waals surface area (Å²) in [4.78, 5) is 0. The Kier molecular flexibility index (Phi) is 3.48. The number of hydrogen-bond acceptors (Lipinski definition) is 6. The third kappa shape index (κ3) is 2.36. The number of aromatic nitrogens is 3. The number of amidine groups is 1. The van der Waals surface area contributed by atoms with Crippen LogP contribution in [0.2, 0.25) is 0 Å². The zero-order valence-electron chi connectivity index (χ0n) is 10.6. The van der Waals surface area contributed by atoms with Crippen LogP contribution in [-0.4, -0.2) is 28.0 Å². The van der Waals surface area contributed by atoms with Crippen molar-refractivity contribution < 1.29 is 8.42 Å². The van der Waals surface area contributed by atoms with Gasteiger partial charge in [-0.25, -0.2) is 15.0 Å². The summed E-state index contributed by atoms with van der Waals surface area (Å²) in [6.45, 7) is 0. The van der Waals surface area contributed by atoms with E-state index in [0.29, 0.717) is 11.1 Å². The lowest BCUT2D eigenvalue weighted by molar-refractivity contribution is 0.589. The first-order chi connectivity index (χ1) is 9.38. The molecule has 10 nitrogen and oxygen atoms in total. The molecule has 0 saturated carbocycles. The van der Waals surface area contributed by atoms with Crippen LogP contribution in [0.25, 0.3) is 11.1 Å². The lowest BCUT2D eigenvalue weighted by Gasteiger charge is -2.10. The first-order valence-corrected chi connectivity index (χ1v) is 6.87. The molecule has 7 N–H and O–H groups in total. The van der Waals surface area contributed by atoms with Crippen molar-refractivity contribution in [1.82, 2.24) is 19.2 Å². The van der Waals surface area contributed by atoms with Gasteiger partial charge >= 0.3 is 10.2 Å². The molecule has 2 heterocycles. The van der Waals surface area contributed by atoms with Crippen molar-refractivity contribution in [3.63, 3.8) is 0 Å². The Balaban J connectivity index is 2.74. The van der Waals surface area contributed by atoms with Crippen LogP contribution in [0, 0.1) is 0 Å². The summed E-state index contributed by atoms with van der Waals surface area (Å²) in [6.07, 6.45) is 4.56. The average molecular weight is 298 g/mol. The second-order valence-electron chi connectivity index (χ2n) is 3.94. The van der Waals surface area contributed by atoms with E-state index in [0.717, 1.165) is 3.97 Å². The Morgan fingerprint density at radius 2 is 2.20 bits per heavy atom. The smallest absolute Gasteiger partial charge is 0.303 e. The lowest BCUT2D eigenvalue weighted by atomic mass is 10.1. The molecule has 11 heteroatoms. The van der Waals surface area contributed by atoms with Crippen molar-refractivity contribution in [2.45, 2.75) is 0 Å². The third-order valence-electron chi connectivity index (χ3n) is 2.63. The predicted octanol–water partition coefficient (Wildman–Crippen LogP) is -1.98. The van der Waals surface area contributed by atoms with Crippen LogP contribution in [0.15, 0.2) is 29.8 Å². The Bertz CT molecular complexity index is 757. The molecule has 0 unspecified atom stereocenters. The number of hydrazine groups is 1. The fourth-order valence-corrected chi connectivity index (χ4v) is 2.49. The minimum Gasteiger partial charge on any atom is -0.321 e. The van der Waals surface area contributed by atoms with Crippen LogP contribution >= 0.6 is 0 Å². The highest BCUT2D eigenvalue weighted by Gasteiger charge is 2.22. The first-order valence-electron chi connectivity index (χ1n) is 5.37. The SMILES string of the molecule is Cn1cc(-c2ccn(S(N)(=O)=O)c2/C(=N/N)NN)cn1. The van der Waals surface area contributed by atoms with Crippen LogP contribution in [0.4, 0.5) is 0 Å². The topological polar surface area (TPSA) is 159 Å². The second-order valence-corrected chi connectivity index (χ2v) is 5.37. The molecule has 0 fully saturated rings. The summed E-state index contributed by atoms with van der Waals surface area (Å²) in [5, 5.41) is 12.6. The molecule has 2 rings (SSSR count). The molecular weight excluding hydrogens is 284 g/mol. The summed E-state index contributed by atoms with van der Waals surface area (Å²) < 4.78 is 25.6. The van der Waals surface area contributed by atoms with Crippen LogP contribution in [0.1, 0.15) is 5.69 Å². The molecule has 0 amide bonds. The third-order valence-corrected chi connectivity index (χ3v) is 3.48. The normalized spacial score (nSPS) is 12.7. The van der Waals surface area contributed by atoms with E-state index in [4.69, 9.17) is 16.8 Å². The Morgan fingerprint density at radius 1 is 1.50 bits per heavy atom. The maximum atomic E-state index is 11.6. The van der Waals surface area contributed by atoms with Crippen molar-refractivity contribution in [3.05, 3.63) is 30.4 Å². The van der Waals surface area contributed by atoms with Gasteiger partial charge in [0.05, 0.1) is 6.20 Å². The van der Waals surface area contributed by atoms with Crippen LogP contribution in [0.5, 0.6) is 0 Å². The molecule has 2 aromatic rings. The molecule has 0 radical (unpaired) electrons. The summed E-state index contributed by atoms with van der Waals surface area (Å²) in [6, 6.07) is 1.55. The molecule has 0 aromatic carbocycles. The number of nitrogens with zero attached hydrogens (tertiary/aromatic N) is 4. The predicted molar refractivity (Wildman–Crippen MR) is 73.2 cm³/mol. The Morgan fingerprint density at radius 3 is 2.65 bits per heavy atom. The van der Waals surface area contributed by atoms with Crippen LogP contribution in [-0.2, 0) is 17.3 Å². The number of hydrogen-bond donors (Lipinski definition) is 4. The molecule has 0 aliphatic carbocycles. The summed E-state index contributed by atoms with van der Waals surface area (Å²) in [7, 11) is -2.29. The Labute approximate surface area is 115 Å². The highest BCUT2D eigenvalue weighted by molar-refractivity contribution is 7.87. The van der Waals surface area contributed by atoms with Gasteiger partial charge in [-0.15, -0.1) is 0 Å². The van der Waals surface area contributed by atoms with Crippen molar-refractivity contribution in [3.8, 4) is 11.1 Å². The van der Waals surface area contributed by atoms with Gasteiger partial charge in [-0.3, -0.25) is 4.68 Å². The van der Waals surface area contributed by atoms with Gasteiger partial charge in [-0.05, 0) is 6.07 Å². The van der Waals surface area contributed by atoms with Gasteiger partial charge in [0.15, 0.2) is 5.84 Å². The molecular formula is C9H14N8O2S. The fraction of sp³-hybridized carbons (Fsp3) is 0.111. The van der Waals surface area contributed by atoms with Gasteiger partial charge in [0.2, 0.25) is 0 Å². The van der Waals surface area contributed by atoms with E-state index < -0.39 is 10.2 Å². The van der Waals surface area contributed by atoms with Gasteiger partial charge in [0, 0.05) is 30.6 Å². The summed E-state index contributed by atoms with van der Waals surface area (Å²) in [5.74, 6) is 10.5. The highest BCUT2D eigenvalue weighted by atomic mass is 32.2. The number of hydrazone groups is 1. The van der Waals surface area contributed by atoms with Gasteiger partial charge in [0.25, 0.3) is 0 Å². The summed E-state index contributed by atoms with van der Waals surface area (Å²) >= 11 is 0. The summed E-state index contributed by atoms with van der Waals surface area (Å²) in [5.41, 5.74) is 3.56. The second kappa shape index (κ2) is 4.96. The molecule has 0 aliphatic heterocycles. The monoisotopic (exact) mass is 298 g/mol. The van der Waals surface area contributed by atoms with Crippen LogP contribution < -0.4 is 22.3 Å². The molecule has 108 valence electrons. The van der Waals surface area contributed by atoms with E-state index >= 15 is 0 Å². The van der Waals surface area contributed by atoms with Gasteiger partial charge in [-0.1, -0.05) is 0 Å². The van der Waals surface area contributed by atoms with E-state index in [1.54, 1.807) is 30.2 Å². The number of rotatable bonds is 3. The molecule has 0 bridgehead atoms. The standard InChI is InChI=1S/C9H14N8O2S/c1-16-5-6(4-13-16)7-2-3-17(20(12,18)19)8(7)9(14-10)15-11/h2-5H,10-11H2,1H3,(H,14,15)(H2,12,18,19). The van der Waals surface area contributed by atoms with Gasteiger partial charge in [0.1, 0.15) is 5.69 Å². The number of nitrogens with one attached hydrogen (secondary N) is 1. The molecule has 0 atom stereocenters. The molecule has 2 aromatic heterocycles. The molecule has 0 aliphatic rings. The zero-order chi connectivity index (χ0) is 14.9. The van der Waals surface area contributed by atoms with E-state index in [1.165, 1.54) is 6.20 Å². The van der Waals surface area contributed by atoms with Crippen LogP contribution in [0.3, 0.4) is 0 Å². The maximum absolute atomic E-state index is 11.6. The quantitative estimate of drug-likeness (QED) is 0.222. The largest absolute Gasteiger partial charge is 0.321 e. The van der Waals surface area contributed by atoms with E-state index in [1.807, 2.05) is 0 Å². The minimum absolute atomic E-state index is 0.0251. The van der Waals surface area contributed by atoms with Gasteiger partial charge < -0.3 is 11.3 Å². The van der Waals surface area contributed by atoms with Crippen molar-refractivity contribution in [2.24, 2.45) is 29.0 Å². The van der Waals surface area contributed by atoms with E-state index in [2.05, 4.69) is 15.6 Å². The number of aryl methyl sites for hydroxylation is 1. The Hall–Kier alpha value is -2.37. The molecule has 20 heavy (non-hydrogen) atoms.